The normalized spacial score (nSPS) is 18.7. The molecule has 0 radical (unpaired) electrons. The van der Waals surface area contributed by atoms with E-state index >= 15 is 0 Å². The summed E-state index contributed by atoms with van der Waals surface area (Å²) in [5.41, 5.74) is 0. The molecule has 1 saturated carbocycles. The largest absolute Gasteiger partial charge is 0.352 e. The third-order valence-electron chi connectivity index (χ3n) is 3.50. The maximum absolute atomic E-state index is 11.8. The van der Waals surface area contributed by atoms with Crippen LogP contribution in [0.3, 0.4) is 0 Å². The smallest absolute Gasteiger partial charge is 0.234 e. The highest BCUT2D eigenvalue weighted by atomic mass is 16.2. The van der Waals surface area contributed by atoms with Crippen molar-refractivity contribution in [2.24, 2.45) is 0 Å². The first-order valence-corrected chi connectivity index (χ1v) is 6.50. The Balaban J connectivity index is 2.26. The molecule has 0 spiro atoms. The molecule has 0 aromatic rings. The van der Waals surface area contributed by atoms with E-state index in [4.69, 9.17) is 5.26 Å². The fourth-order valence-corrected chi connectivity index (χ4v) is 2.19. The summed E-state index contributed by atoms with van der Waals surface area (Å²) in [6.07, 6.45) is 6.45. The lowest BCUT2D eigenvalue weighted by Gasteiger charge is -2.26. The van der Waals surface area contributed by atoms with Crippen molar-refractivity contribution in [3.63, 3.8) is 0 Å². The number of amides is 1. The second-order valence-electron chi connectivity index (χ2n) is 5.03. The fourth-order valence-electron chi connectivity index (χ4n) is 2.19. The lowest BCUT2D eigenvalue weighted by molar-refractivity contribution is -0.123. The van der Waals surface area contributed by atoms with Crippen LogP contribution in [0, 0.1) is 11.3 Å². The molecule has 4 nitrogen and oxygen atoms in total. The Morgan fingerprint density at radius 1 is 1.47 bits per heavy atom. The van der Waals surface area contributed by atoms with Crippen molar-refractivity contribution in [1.29, 1.82) is 5.26 Å². The van der Waals surface area contributed by atoms with E-state index < -0.39 is 0 Å². The van der Waals surface area contributed by atoms with Crippen LogP contribution in [0.25, 0.3) is 0 Å². The number of likely N-dealkylation sites (N-methyl/N-ethyl adjacent to an activating group) is 1. The summed E-state index contributed by atoms with van der Waals surface area (Å²) in [6, 6.07) is 2.64. The Hall–Kier alpha value is -1.08. The van der Waals surface area contributed by atoms with E-state index in [1.54, 1.807) is 0 Å². The highest BCUT2D eigenvalue weighted by Gasteiger charge is 2.18. The molecule has 1 rings (SSSR count). The van der Waals surface area contributed by atoms with Gasteiger partial charge in [0.05, 0.1) is 19.0 Å². The van der Waals surface area contributed by atoms with Gasteiger partial charge in [0.1, 0.15) is 0 Å². The molecule has 4 heteroatoms. The van der Waals surface area contributed by atoms with Gasteiger partial charge in [-0.2, -0.15) is 5.26 Å². The summed E-state index contributed by atoms with van der Waals surface area (Å²) in [7, 11) is 1.89. The lowest BCUT2D eigenvalue weighted by Crippen LogP contribution is -2.43. The quantitative estimate of drug-likeness (QED) is 0.791. The second kappa shape index (κ2) is 7.29. The molecule has 0 saturated heterocycles. The number of nitrogens with one attached hydrogen (secondary N) is 1. The first-order chi connectivity index (χ1) is 8.13. The summed E-state index contributed by atoms with van der Waals surface area (Å²) in [6.45, 7) is 2.36. The maximum atomic E-state index is 11.8. The zero-order valence-electron chi connectivity index (χ0n) is 10.9. The van der Waals surface area contributed by atoms with Gasteiger partial charge in [-0.25, -0.2) is 0 Å². The molecule has 0 aromatic heterocycles. The summed E-state index contributed by atoms with van der Waals surface area (Å²) in [5.74, 6) is 0.0872. The number of hydrogen-bond donors (Lipinski definition) is 1. The van der Waals surface area contributed by atoms with E-state index in [-0.39, 0.29) is 11.9 Å². The first-order valence-electron chi connectivity index (χ1n) is 6.50. The van der Waals surface area contributed by atoms with Crippen LogP contribution in [-0.4, -0.2) is 36.5 Å². The van der Waals surface area contributed by atoms with Crippen molar-refractivity contribution in [2.45, 2.75) is 57.5 Å². The topological polar surface area (TPSA) is 56.1 Å². The average Bonchev–Trinajstić information content (AvgIpc) is 2.30. The van der Waals surface area contributed by atoms with E-state index in [0.717, 1.165) is 12.8 Å². The molecule has 1 amide bonds. The Labute approximate surface area is 104 Å². The minimum Gasteiger partial charge on any atom is -0.352 e. The molecule has 0 heterocycles. The molecule has 1 N–H and O–H groups in total. The van der Waals surface area contributed by atoms with E-state index in [1.165, 1.54) is 19.3 Å². The van der Waals surface area contributed by atoms with Crippen molar-refractivity contribution >= 4 is 5.91 Å². The minimum atomic E-state index is 0.0872. The van der Waals surface area contributed by atoms with Crippen molar-refractivity contribution in [2.75, 3.05) is 13.6 Å². The van der Waals surface area contributed by atoms with Gasteiger partial charge >= 0.3 is 0 Å². The molecule has 0 aromatic carbocycles. The van der Waals surface area contributed by atoms with Gasteiger partial charge < -0.3 is 5.32 Å². The third-order valence-corrected chi connectivity index (χ3v) is 3.50. The molecule has 1 aliphatic rings. The summed E-state index contributed by atoms with van der Waals surface area (Å²) in [5, 5.41) is 11.7. The van der Waals surface area contributed by atoms with Crippen LogP contribution in [0.4, 0.5) is 0 Å². The molecular weight excluding hydrogens is 214 g/mol. The van der Waals surface area contributed by atoms with Crippen molar-refractivity contribution < 1.29 is 4.79 Å². The molecule has 0 aliphatic heterocycles. The van der Waals surface area contributed by atoms with E-state index in [9.17, 15) is 4.79 Å². The van der Waals surface area contributed by atoms with Crippen LogP contribution in [0.1, 0.15) is 45.4 Å². The van der Waals surface area contributed by atoms with Crippen LogP contribution in [0.5, 0.6) is 0 Å². The monoisotopic (exact) mass is 237 g/mol. The molecule has 17 heavy (non-hydrogen) atoms. The van der Waals surface area contributed by atoms with Crippen LogP contribution >= 0.6 is 0 Å². The zero-order chi connectivity index (χ0) is 12.7. The molecule has 1 fully saturated rings. The van der Waals surface area contributed by atoms with Crippen molar-refractivity contribution in [3.05, 3.63) is 0 Å². The molecule has 1 unspecified atom stereocenters. The van der Waals surface area contributed by atoms with Gasteiger partial charge in [0.15, 0.2) is 0 Å². The van der Waals surface area contributed by atoms with Crippen LogP contribution < -0.4 is 5.32 Å². The number of nitriles is 1. The van der Waals surface area contributed by atoms with Gasteiger partial charge in [0.2, 0.25) is 5.91 Å². The van der Waals surface area contributed by atoms with E-state index in [1.807, 2.05) is 18.9 Å². The number of carbonyl (C=O) groups excluding carboxylic acids is 1. The van der Waals surface area contributed by atoms with Crippen LogP contribution in [0.2, 0.25) is 0 Å². The summed E-state index contributed by atoms with van der Waals surface area (Å²) >= 11 is 0. The summed E-state index contributed by atoms with van der Waals surface area (Å²) < 4.78 is 0. The predicted molar refractivity (Wildman–Crippen MR) is 67.3 cm³/mol. The number of hydrogen-bond acceptors (Lipinski definition) is 3. The highest BCUT2D eigenvalue weighted by Crippen LogP contribution is 2.17. The minimum absolute atomic E-state index is 0.0872. The van der Waals surface area contributed by atoms with Gasteiger partial charge in [-0.15, -0.1) is 0 Å². The number of rotatable bonds is 5. The SMILES string of the molecule is CC(CC#N)N(C)CC(=O)NC1CCCCC1. The van der Waals surface area contributed by atoms with Gasteiger partial charge in [-0.1, -0.05) is 19.3 Å². The van der Waals surface area contributed by atoms with Gasteiger partial charge in [0.25, 0.3) is 0 Å². The molecular formula is C13H23N3O. The van der Waals surface area contributed by atoms with Crippen LogP contribution in [0.15, 0.2) is 0 Å². The van der Waals surface area contributed by atoms with Gasteiger partial charge in [0, 0.05) is 12.1 Å². The second-order valence-corrected chi connectivity index (χ2v) is 5.03. The number of carbonyl (C=O) groups is 1. The Kier molecular flexibility index (Phi) is 5.99. The Morgan fingerprint density at radius 3 is 2.71 bits per heavy atom. The maximum Gasteiger partial charge on any atom is 0.234 e. The zero-order valence-corrected chi connectivity index (χ0v) is 10.9. The standard InChI is InChI=1S/C13H23N3O/c1-11(8-9-14)16(2)10-13(17)15-12-6-4-3-5-7-12/h11-12H,3-8,10H2,1-2H3,(H,15,17). The van der Waals surface area contributed by atoms with Gasteiger partial charge in [-0.05, 0) is 26.8 Å². The molecule has 1 atom stereocenters. The third kappa shape index (κ3) is 5.18. The molecule has 0 bridgehead atoms. The van der Waals surface area contributed by atoms with Crippen molar-refractivity contribution in [1.82, 2.24) is 10.2 Å². The average molecular weight is 237 g/mol. The Morgan fingerprint density at radius 2 is 2.12 bits per heavy atom. The van der Waals surface area contributed by atoms with Gasteiger partial charge in [-0.3, -0.25) is 9.69 Å². The van der Waals surface area contributed by atoms with Crippen LogP contribution in [-0.2, 0) is 4.79 Å². The highest BCUT2D eigenvalue weighted by molar-refractivity contribution is 5.78. The molecule has 1 aliphatic carbocycles. The lowest BCUT2D eigenvalue weighted by atomic mass is 9.95. The van der Waals surface area contributed by atoms with Crippen molar-refractivity contribution in [3.8, 4) is 6.07 Å². The van der Waals surface area contributed by atoms with E-state index in [0.29, 0.717) is 19.0 Å². The Bertz CT molecular complexity index is 279. The van der Waals surface area contributed by atoms with E-state index in [2.05, 4.69) is 11.4 Å². The fraction of sp³-hybridized carbons (Fsp3) is 0.846. The summed E-state index contributed by atoms with van der Waals surface area (Å²) in [4.78, 5) is 13.7. The predicted octanol–water partition coefficient (Wildman–Crippen LogP) is 1.67. The molecule has 96 valence electrons. The first kappa shape index (κ1) is 14.0. The number of nitrogens with zero attached hydrogens (tertiary/aromatic N) is 2.